The van der Waals surface area contributed by atoms with Crippen molar-refractivity contribution in [2.45, 2.75) is 31.7 Å². The van der Waals surface area contributed by atoms with Crippen LogP contribution in [0, 0.1) is 13.8 Å². The molecule has 0 heterocycles. The van der Waals surface area contributed by atoms with E-state index in [0.29, 0.717) is 5.56 Å². The van der Waals surface area contributed by atoms with Crippen molar-refractivity contribution in [2.75, 3.05) is 6.26 Å². The van der Waals surface area contributed by atoms with E-state index < -0.39 is 9.84 Å². The second-order valence-corrected chi connectivity index (χ2v) is 7.85. The molecule has 0 aliphatic carbocycles. The molecule has 5 heteroatoms. The Morgan fingerprint density at radius 3 is 2.13 bits per heavy atom. The Labute approximate surface area is 137 Å². The van der Waals surface area contributed by atoms with Gasteiger partial charge in [-0.2, -0.15) is 0 Å². The second kappa shape index (κ2) is 6.54. The van der Waals surface area contributed by atoms with Gasteiger partial charge in [-0.1, -0.05) is 18.2 Å². The molecule has 0 bridgehead atoms. The molecule has 0 spiro atoms. The van der Waals surface area contributed by atoms with Gasteiger partial charge in [-0.15, -0.1) is 0 Å². The van der Waals surface area contributed by atoms with E-state index in [1.807, 2.05) is 32.9 Å². The molecule has 0 aliphatic rings. The zero-order valence-corrected chi connectivity index (χ0v) is 14.6. The predicted molar refractivity (Wildman–Crippen MR) is 91.3 cm³/mol. The van der Waals surface area contributed by atoms with E-state index in [4.69, 9.17) is 0 Å². The molecule has 0 radical (unpaired) electrons. The Hall–Kier alpha value is -2.14. The average molecular weight is 331 g/mol. The van der Waals surface area contributed by atoms with E-state index in [-0.39, 0.29) is 16.8 Å². The Balaban J connectivity index is 2.13. The number of carbonyl (C=O) groups is 1. The molecule has 4 nitrogen and oxygen atoms in total. The Kier molecular flexibility index (Phi) is 4.90. The van der Waals surface area contributed by atoms with E-state index >= 15 is 0 Å². The molecule has 2 rings (SSSR count). The lowest BCUT2D eigenvalue weighted by atomic mass is 10.0. The third kappa shape index (κ3) is 4.20. The lowest BCUT2D eigenvalue weighted by molar-refractivity contribution is 0.0939. The highest BCUT2D eigenvalue weighted by Gasteiger charge is 2.13. The molecule has 0 aliphatic heterocycles. The Morgan fingerprint density at radius 1 is 1.00 bits per heavy atom. The second-order valence-electron chi connectivity index (χ2n) is 5.84. The third-order valence-corrected chi connectivity index (χ3v) is 5.05. The van der Waals surface area contributed by atoms with Gasteiger partial charge in [0.15, 0.2) is 9.84 Å². The lowest BCUT2D eigenvalue weighted by Gasteiger charge is -2.15. The zero-order chi connectivity index (χ0) is 17.2. The van der Waals surface area contributed by atoms with Crippen LogP contribution in [0.25, 0.3) is 0 Å². The smallest absolute Gasteiger partial charge is 0.251 e. The molecule has 1 N–H and O–H groups in total. The van der Waals surface area contributed by atoms with Crippen LogP contribution in [0.2, 0.25) is 0 Å². The molecule has 0 saturated heterocycles. The van der Waals surface area contributed by atoms with Gasteiger partial charge in [0.25, 0.3) is 5.91 Å². The lowest BCUT2D eigenvalue weighted by Crippen LogP contribution is -2.26. The van der Waals surface area contributed by atoms with E-state index in [1.165, 1.54) is 6.26 Å². The van der Waals surface area contributed by atoms with Crippen molar-refractivity contribution in [1.29, 1.82) is 0 Å². The molecular formula is C18H21NO3S. The standard InChI is InChI=1S/C18H21NO3S/c1-12-5-6-16(11-13(12)2)18(20)19-14(3)15-7-9-17(10-8-15)23(4,21)22/h5-11,14H,1-4H3,(H,19,20)/t14-/m1/s1. The van der Waals surface area contributed by atoms with E-state index in [2.05, 4.69) is 5.32 Å². The fourth-order valence-corrected chi connectivity index (χ4v) is 2.88. The van der Waals surface area contributed by atoms with Gasteiger partial charge < -0.3 is 5.32 Å². The average Bonchev–Trinajstić information content (AvgIpc) is 2.49. The monoisotopic (exact) mass is 331 g/mol. The van der Waals surface area contributed by atoms with Crippen molar-refractivity contribution >= 4 is 15.7 Å². The van der Waals surface area contributed by atoms with Crippen molar-refractivity contribution in [1.82, 2.24) is 5.32 Å². The molecule has 0 saturated carbocycles. The normalized spacial score (nSPS) is 12.7. The molecule has 0 unspecified atom stereocenters. The van der Waals surface area contributed by atoms with Crippen LogP contribution >= 0.6 is 0 Å². The summed E-state index contributed by atoms with van der Waals surface area (Å²) in [4.78, 5) is 12.6. The van der Waals surface area contributed by atoms with Crippen LogP contribution in [-0.2, 0) is 9.84 Å². The Morgan fingerprint density at radius 2 is 1.61 bits per heavy atom. The van der Waals surface area contributed by atoms with Gasteiger partial charge in [-0.3, -0.25) is 4.79 Å². The van der Waals surface area contributed by atoms with Crippen molar-refractivity contribution in [3.63, 3.8) is 0 Å². The van der Waals surface area contributed by atoms with Gasteiger partial charge >= 0.3 is 0 Å². The molecule has 2 aromatic rings. The zero-order valence-electron chi connectivity index (χ0n) is 13.8. The van der Waals surface area contributed by atoms with E-state index in [9.17, 15) is 13.2 Å². The van der Waals surface area contributed by atoms with Gasteiger partial charge in [0.05, 0.1) is 10.9 Å². The number of rotatable bonds is 4. The summed E-state index contributed by atoms with van der Waals surface area (Å²) in [5, 5.41) is 2.93. The number of amides is 1. The highest BCUT2D eigenvalue weighted by molar-refractivity contribution is 7.90. The maximum atomic E-state index is 12.3. The first kappa shape index (κ1) is 17.2. The largest absolute Gasteiger partial charge is 0.346 e. The topological polar surface area (TPSA) is 63.2 Å². The quantitative estimate of drug-likeness (QED) is 0.936. The molecule has 23 heavy (non-hydrogen) atoms. The fraction of sp³-hybridized carbons (Fsp3) is 0.278. The number of sulfone groups is 1. The van der Waals surface area contributed by atoms with E-state index in [1.54, 1.807) is 30.3 Å². The summed E-state index contributed by atoms with van der Waals surface area (Å²) >= 11 is 0. The Bertz CT molecular complexity index is 824. The van der Waals surface area contributed by atoms with Crippen LogP contribution in [-0.4, -0.2) is 20.6 Å². The minimum atomic E-state index is -3.21. The van der Waals surface area contributed by atoms with Crippen molar-refractivity contribution in [3.05, 3.63) is 64.7 Å². The van der Waals surface area contributed by atoms with Gasteiger partial charge in [0.1, 0.15) is 0 Å². The van der Waals surface area contributed by atoms with Crippen LogP contribution in [0.1, 0.15) is 40.0 Å². The molecule has 2 aromatic carbocycles. The van der Waals surface area contributed by atoms with Crippen molar-refractivity contribution in [2.24, 2.45) is 0 Å². The molecule has 0 aromatic heterocycles. The van der Waals surface area contributed by atoms with Crippen LogP contribution in [0.3, 0.4) is 0 Å². The number of carbonyl (C=O) groups excluding carboxylic acids is 1. The summed E-state index contributed by atoms with van der Waals surface area (Å²) in [5.41, 5.74) is 3.69. The maximum Gasteiger partial charge on any atom is 0.251 e. The minimum Gasteiger partial charge on any atom is -0.346 e. The SMILES string of the molecule is Cc1ccc(C(=O)N[C@H](C)c2ccc(S(C)(=O)=O)cc2)cc1C. The number of benzene rings is 2. The minimum absolute atomic E-state index is 0.146. The third-order valence-electron chi connectivity index (χ3n) is 3.92. The fourth-order valence-electron chi connectivity index (χ4n) is 2.25. The van der Waals surface area contributed by atoms with Gasteiger partial charge in [0.2, 0.25) is 0 Å². The highest BCUT2D eigenvalue weighted by Crippen LogP contribution is 2.17. The number of hydrogen-bond acceptors (Lipinski definition) is 3. The van der Waals surface area contributed by atoms with Gasteiger partial charge in [-0.25, -0.2) is 8.42 Å². The summed E-state index contributed by atoms with van der Waals surface area (Å²) < 4.78 is 22.9. The highest BCUT2D eigenvalue weighted by atomic mass is 32.2. The van der Waals surface area contributed by atoms with Crippen molar-refractivity contribution in [3.8, 4) is 0 Å². The summed E-state index contributed by atoms with van der Waals surface area (Å²) in [6, 6.07) is 11.9. The molecular weight excluding hydrogens is 310 g/mol. The first-order valence-corrected chi connectivity index (χ1v) is 9.26. The summed E-state index contributed by atoms with van der Waals surface area (Å²) in [7, 11) is -3.21. The summed E-state index contributed by atoms with van der Waals surface area (Å²) in [6.45, 7) is 5.84. The molecule has 122 valence electrons. The summed E-state index contributed by atoms with van der Waals surface area (Å²) in [6.07, 6.45) is 1.17. The van der Waals surface area contributed by atoms with Gasteiger partial charge in [-0.05, 0) is 61.7 Å². The predicted octanol–water partition coefficient (Wildman–Crippen LogP) is 3.20. The van der Waals surface area contributed by atoms with Crippen molar-refractivity contribution < 1.29 is 13.2 Å². The molecule has 0 fully saturated rings. The number of hydrogen-bond donors (Lipinski definition) is 1. The van der Waals surface area contributed by atoms with Gasteiger partial charge in [0, 0.05) is 11.8 Å². The summed E-state index contributed by atoms with van der Waals surface area (Å²) in [5.74, 6) is -0.146. The number of nitrogens with one attached hydrogen (secondary N) is 1. The van der Waals surface area contributed by atoms with Crippen LogP contribution in [0.15, 0.2) is 47.4 Å². The van der Waals surface area contributed by atoms with E-state index in [0.717, 1.165) is 16.7 Å². The first-order valence-electron chi connectivity index (χ1n) is 7.36. The molecule has 1 amide bonds. The van der Waals surface area contributed by atoms with Crippen LogP contribution in [0.4, 0.5) is 0 Å². The molecule has 1 atom stereocenters. The van der Waals surface area contributed by atoms with Crippen LogP contribution < -0.4 is 5.32 Å². The maximum absolute atomic E-state index is 12.3. The first-order chi connectivity index (χ1) is 10.7. The number of aryl methyl sites for hydroxylation is 2. The van der Waals surface area contributed by atoms with Crippen LogP contribution in [0.5, 0.6) is 0 Å².